The second-order valence-corrected chi connectivity index (χ2v) is 9.82. The molecule has 0 N–H and O–H groups in total. The van der Waals surface area contributed by atoms with E-state index in [0.717, 1.165) is 22.6 Å². The van der Waals surface area contributed by atoms with E-state index in [4.69, 9.17) is 23.7 Å². The van der Waals surface area contributed by atoms with Crippen LogP contribution in [0, 0.1) is 11.8 Å². The van der Waals surface area contributed by atoms with Crippen molar-refractivity contribution >= 4 is 17.7 Å². The number of carbonyl (C=O) groups excluding carboxylic acids is 3. The third kappa shape index (κ3) is 8.79. The highest BCUT2D eigenvalue weighted by molar-refractivity contribution is 5.99. The first kappa shape index (κ1) is 31.1. The van der Waals surface area contributed by atoms with Gasteiger partial charge >= 0.3 is 11.9 Å². The van der Waals surface area contributed by atoms with Crippen LogP contribution in [0.25, 0.3) is 0 Å². The number of nitrogens with zero attached hydrogens (tertiary/aromatic N) is 1. The van der Waals surface area contributed by atoms with Crippen LogP contribution >= 0.6 is 0 Å². The Kier molecular flexibility index (Phi) is 11.3. The summed E-state index contributed by atoms with van der Waals surface area (Å²) in [6.07, 6.45) is 2.08. The topological polar surface area (TPSA) is 110 Å². The molecule has 3 aromatic rings. The third-order valence-electron chi connectivity index (χ3n) is 6.77. The summed E-state index contributed by atoms with van der Waals surface area (Å²) < 4.78 is 26.9. The van der Waals surface area contributed by atoms with Crippen LogP contribution in [0.3, 0.4) is 0 Å². The van der Waals surface area contributed by atoms with Crippen LogP contribution in [0.1, 0.15) is 48.8 Å². The number of Topliss-reactive ketones (excluding diaryl/α,β-unsaturated/α-hetero) is 1. The number of aromatic nitrogens is 1. The lowest BCUT2D eigenvalue weighted by molar-refractivity contribution is -0.155. The number of hydrogen-bond acceptors (Lipinski definition) is 9. The number of pyridine rings is 1. The summed E-state index contributed by atoms with van der Waals surface area (Å²) in [6.45, 7) is 4.71. The fourth-order valence-electron chi connectivity index (χ4n) is 4.42. The van der Waals surface area contributed by atoms with Gasteiger partial charge < -0.3 is 23.7 Å². The Morgan fingerprint density at radius 2 is 1.32 bits per heavy atom. The van der Waals surface area contributed by atoms with Crippen LogP contribution in [0.5, 0.6) is 23.0 Å². The molecule has 0 radical (unpaired) electrons. The van der Waals surface area contributed by atoms with Crippen LogP contribution in [0.4, 0.5) is 0 Å². The molecule has 1 heterocycles. The number of ketones is 1. The van der Waals surface area contributed by atoms with Crippen molar-refractivity contribution in [2.24, 2.45) is 11.8 Å². The van der Waals surface area contributed by atoms with Gasteiger partial charge in [-0.1, -0.05) is 31.2 Å². The molecule has 0 amide bonds. The molecule has 2 atom stereocenters. The molecule has 3 rings (SSSR count). The van der Waals surface area contributed by atoms with E-state index in [1.165, 1.54) is 26.3 Å². The van der Waals surface area contributed by atoms with Crippen molar-refractivity contribution in [3.63, 3.8) is 0 Å². The van der Waals surface area contributed by atoms with Gasteiger partial charge in [-0.25, -0.2) is 4.98 Å². The van der Waals surface area contributed by atoms with E-state index in [0.29, 0.717) is 12.8 Å². The van der Waals surface area contributed by atoms with Crippen molar-refractivity contribution in [3.8, 4) is 23.0 Å². The second-order valence-electron chi connectivity index (χ2n) is 9.82. The number of methoxy groups -OCH3 is 3. The van der Waals surface area contributed by atoms with Crippen molar-refractivity contribution in [3.05, 3.63) is 77.6 Å². The minimum Gasteiger partial charge on any atom is -0.497 e. The molecule has 0 aliphatic heterocycles. The number of benzene rings is 2. The monoisotopic (exact) mass is 563 g/mol. The summed E-state index contributed by atoms with van der Waals surface area (Å²) in [5, 5.41) is 0. The zero-order valence-electron chi connectivity index (χ0n) is 24.3. The normalized spacial score (nSPS) is 12.3. The van der Waals surface area contributed by atoms with Crippen molar-refractivity contribution in [1.82, 2.24) is 4.98 Å². The fraction of sp³-hybridized carbons (Fsp3) is 0.375. The van der Waals surface area contributed by atoms with E-state index in [9.17, 15) is 14.4 Å². The molecule has 0 saturated carbocycles. The van der Waals surface area contributed by atoms with Crippen molar-refractivity contribution in [2.75, 3.05) is 21.3 Å². The number of rotatable bonds is 14. The first-order valence-electron chi connectivity index (χ1n) is 13.4. The molecule has 218 valence electrons. The van der Waals surface area contributed by atoms with Gasteiger partial charge in [0, 0.05) is 31.5 Å². The average Bonchev–Trinajstić information content (AvgIpc) is 2.97. The molecule has 0 aliphatic carbocycles. The lowest BCUT2D eigenvalue weighted by Gasteiger charge is -2.26. The summed E-state index contributed by atoms with van der Waals surface area (Å²) in [7, 11) is 4.64. The lowest BCUT2D eigenvalue weighted by Crippen LogP contribution is -2.30. The third-order valence-corrected chi connectivity index (χ3v) is 6.77. The zero-order valence-corrected chi connectivity index (χ0v) is 24.3. The predicted molar refractivity (Wildman–Crippen MR) is 153 cm³/mol. The minimum atomic E-state index is -0.759. The number of ether oxygens (including phenoxy) is 5. The average molecular weight is 564 g/mol. The summed E-state index contributed by atoms with van der Waals surface area (Å²) in [5.74, 6) is -0.733. The van der Waals surface area contributed by atoms with Gasteiger partial charge in [0.25, 0.3) is 0 Å². The number of hydrogen-bond donors (Lipinski definition) is 0. The lowest BCUT2D eigenvalue weighted by atomic mass is 9.88. The summed E-state index contributed by atoms with van der Waals surface area (Å²) in [5.41, 5.74) is 2.08. The summed E-state index contributed by atoms with van der Waals surface area (Å²) in [4.78, 5) is 41.9. The maximum absolute atomic E-state index is 13.1. The molecule has 0 unspecified atom stereocenters. The van der Waals surface area contributed by atoms with E-state index in [-0.39, 0.29) is 29.5 Å². The van der Waals surface area contributed by atoms with Gasteiger partial charge in [0.15, 0.2) is 17.2 Å². The second kappa shape index (κ2) is 14.8. The Hall–Kier alpha value is -4.40. The number of carbonyl (C=O) groups is 3. The summed E-state index contributed by atoms with van der Waals surface area (Å²) >= 11 is 0. The molecule has 0 spiro atoms. The van der Waals surface area contributed by atoms with Gasteiger partial charge in [0.05, 0.1) is 27.2 Å². The SMILES string of the molecule is COc1ccc(CC(Cc2ccc(OC)cc2)[C@H](C)OC(=O)[C@H](C)CC(=O)c2nccc(OC)c2OC(C)=O)cc1. The van der Waals surface area contributed by atoms with E-state index >= 15 is 0 Å². The highest BCUT2D eigenvalue weighted by atomic mass is 16.6. The van der Waals surface area contributed by atoms with Gasteiger partial charge in [0.1, 0.15) is 17.6 Å². The Bertz CT molecular complexity index is 1270. The quantitative estimate of drug-likeness (QED) is 0.191. The van der Waals surface area contributed by atoms with Crippen LogP contribution in [-0.2, 0) is 27.2 Å². The molecular formula is C32H37NO8. The fourth-order valence-corrected chi connectivity index (χ4v) is 4.42. The Morgan fingerprint density at radius 3 is 1.78 bits per heavy atom. The minimum absolute atomic E-state index is 0.0424. The van der Waals surface area contributed by atoms with Crippen molar-refractivity contribution in [2.45, 2.75) is 46.1 Å². The van der Waals surface area contributed by atoms with Crippen LogP contribution in [0.2, 0.25) is 0 Å². The van der Waals surface area contributed by atoms with Crippen LogP contribution in [0.15, 0.2) is 60.8 Å². The van der Waals surface area contributed by atoms with Gasteiger partial charge in [-0.3, -0.25) is 14.4 Å². The molecule has 41 heavy (non-hydrogen) atoms. The molecular weight excluding hydrogens is 526 g/mol. The molecule has 2 aromatic carbocycles. The molecule has 0 saturated heterocycles. The molecule has 0 fully saturated rings. The van der Waals surface area contributed by atoms with Crippen molar-refractivity contribution < 1.29 is 38.1 Å². The summed E-state index contributed by atoms with van der Waals surface area (Å²) in [6, 6.07) is 17.1. The highest BCUT2D eigenvalue weighted by Crippen LogP contribution is 2.31. The van der Waals surface area contributed by atoms with Gasteiger partial charge in [-0.2, -0.15) is 0 Å². The van der Waals surface area contributed by atoms with Crippen molar-refractivity contribution in [1.29, 1.82) is 0 Å². The standard InChI is InChI=1S/C32H37NO8/c1-20(17-28(35)30-31(41-22(3)34)29(39-6)15-16-33-30)32(36)40-21(2)25(18-23-7-11-26(37-4)12-8-23)19-24-9-13-27(38-5)14-10-24/h7-16,20-21,25H,17-19H2,1-6H3/t20-,21+/m1/s1. The first-order chi connectivity index (χ1) is 19.6. The predicted octanol–water partition coefficient (Wildman–Crippen LogP) is 5.27. The molecule has 9 heteroatoms. The molecule has 0 bridgehead atoms. The number of esters is 2. The Balaban J connectivity index is 1.73. The molecule has 1 aromatic heterocycles. The van der Waals surface area contributed by atoms with Gasteiger partial charge in [-0.15, -0.1) is 0 Å². The maximum atomic E-state index is 13.1. The molecule has 0 aliphatic rings. The molecule has 9 nitrogen and oxygen atoms in total. The van der Waals surface area contributed by atoms with Gasteiger partial charge in [0.2, 0.25) is 5.75 Å². The highest BCUT2D eigenvalue weighted by Gasteiger charge is 2.28. The van der Waals surface area contributed by atoms with E-state index in [2.05, 4.69) is 4.98 Å². The van der Waals surface area contributed by atoms with Gasteiger partial charge in [-0.05, 0) is 55.2 Å². The van der Waals surface area contributed by atoms with Crippen LogP contribution in [-0.4, -0.2) is 50.1 Å². The maximum Gasteiger partial charge on any atom is 0.309 e. The largest absolute Gasteiger partial charge is 0.497 e. The van der Waals surface area contributed by atoms with Crippen LogP contribution < -0.4 is 18.9 Å². The Morgan fingerprint density at radius 1 is 0.780 bits per heavy atom. The van der Waals surface area contributed by atoms with E-state index < -0.39 is 29.7 Å². The Labute approximate surface area is 240 Å². The first-order valence-corrected chi connectivity index (χ1v) is 13.4. The van der Waals surface area contributed by atoms with E-state index in [1.807, 2.05) is 55.5 Å². The zero-order chi connectivity index (χ0) is 29.9. The van der Waals surface area contributed by atoms with E-state index in [1.54, 1.807) is 21.1 Å². The smallest absolute Gasteiger partial charge is 0.309 e.